The fraction of sp³-hybridized carbons (Fsp3) is 0.656. The van der Waals surface area contributed by atoms with Gasteiger partial charge in [0.05, 0.1) is 18.5 Å². The van der Waals surface area contributed by atoms with Crippen molar-refractivity contribution < 1.29 is 13.5 Å². The number of rotatable bonds is 15. The number of fused-ring (bicyclic) bond motifs is 1. The molecular weight excluding hydrogens is 550 g/mol. The second kappa shape index (κ2) is 15.7. The van der Waals surface area contributed by atoms with E-state index >= 15 is 0 Å². The highest BCUT2D eigenvalue weighted by molar-refractivity contribution is 5.76. The highest BCUT2D eigenvalue weighted by atomic mass is 19.1. The molecule has 5 rings (SSSR count). The molecule has 1 atom stereocenters. The normalized spacial score (nSPS) is 20.4. The van der Waals surface area contributed by atoms with E-state index in [0.717, 1.165) is 77.2 Å². The van der Waals surface area contributed by atoms with Crippen LogP contribution in [0.3, 0.4) is 0 Å². The van der Waals surface area contributed by atoms with E-state index in [2.05, 4.69) is 27.4 Å². The summed E-state index contributed by atoms with van der Waals surface area (Å²) in [6, 6.07) is 4.04. The van der Waals surface area contributed by atoms with Gasteiger partial charge in [0.1, 0.15) is 17.2 Å². The van der Waals surface area contributed by atoms with Crippen molar-refractivity contribution in [2.24, 2.45) is 11.7 Å². The Hall–Kier alpha value is -2.89. The van der Waals surface area contributed by atoms with E-state index in [9.17, 15) is 8.78 Å². The molecule has 3 heterocycles. The monoisotopic (exact) mass is 598 g/mol. The van der Waals surface area contributed by atoms with Crippen molar-refractivity contribution in [1.82, 2.24) is 24.4 Å². The van der Waals surface area contributed by atoms with Crippen LogP contribution in [0.4, 0.5) is 26.4 Å². The number of likely N-dealkylation sites (tertiary alicyclic amines) is 1. The van der Waals surface area contributed by atoms with Crippen LogP contribution in [0.25, 0.3) is 11.2 Å². The van der Waals surface area contributed by atoms with Crippen LogP contribution in [-0.2, 0) is 11.3 Å². The predicted octanol–water partition coefficient (Wildman–Crippen LogP) is 6.23. The molecule has 2 fully saturated rings. The molecule has 1 aliphatic carbocycles. The van der Waals surface area contributed by atoms with Gasteiger partial charge in [0, 0.05) is 37.8 Å². The molecule has 0 spiro atoms. The zero-order valence-corrected chi connectivity index (χ0v) is 25.5. The molecule has 1 aromatic carbocycles. The number of nitrogens with zero attached hydrogens (tertiary/aromatic N) is 5. The minimum atomic E-state index is -0.674. The molecule has 4 N–H and O–H groups in total. The first kappa shape index (κ1) is 31.5. The fourth-order valence-corrected chi connectivity index (χ4v) is 6.34. The number of nitrogens with one attached hydrogen (secondary N) is 2. The van der Waals surface area contributed by atoms with Crippen LogP contribution >= 0.6 is 0 Å². The van der Waals surface area contributed by atoms with Crippen molar-refractivity contribution in [3.63, 3.8) is 0 Å². The number of piperidine rings is 1. The minimum Gasteiger partial charge on any atom is -0.380 e. The van der Waals surface area contributed by atoms with Crippen molar-refractivity contribution in [2.75, 3.05) is 43.5 Å². The van der Waals surface area contributed by atoms with E-state index in [1.54, 1.807) is 6.20 Å². The van der Waals surface area contributed by atoms with E-state index in [0.29, 0.717) is 35.5 Å². The summed E-state index contributed by atoms with van der Waals surface area (Å²) in [4.78, 5) is 16.6. The Kier molecular flexibility index (Phi) is 11.5. The van der Waals surface area contributed by atoms with Gasteiger partial charge in [-0.2, -0.15) is 4.98 Å². The summed E-state index contributed by atoms with van der Waals surface area (Å²) in [5.74, 6) is 0.186. The Bertz CT molecular complexity index is 1290. The smallest absolute Gasteiger partial charge is 0.224 e. The highest BCUT2D eigenvalue weighted by Crippen LogP contribution is 2.27. The van der Waals surface area contributed by atoms with Gasteiger partial charge in [-0.05, 0) is 88.9 Å². The zero-order valence-electron chi connectivity index (χ0n) is 25.5. The lowest BCUT2D eigenvalue weighted by molar-refractivity contribution is 0.0673. The van der Waals surface area contributed by atoms with Gasteiger partial charge in [-0.25, -0.2) is 18.7 Å². The molecule has 0 radical (unpaired) electrons. The van der Waals surface area contributed by atoms with Gasteiger partial charge in [-0.15, -0.1) is 0 Å². The number of anilines is 3. The lowest BCUT2D eigenvalue weighted by atomic mass is 9.92. The average molecular weight is 599 g/mol. The van der Waals surface area contributed by atoms with Gasteiger partial charge in [-0.3, -0.25) is 4.57 Å². The molecule has 0 bridgehead atoms. The Morgan fingerprint density at radius 3 is 2.63 bits per heavy atom. The standard InChI is InChI=1S/C32H48F2N8O/c1-2-7-23(22-43-19-18-41-15-4-3-5-16-41)8-6-17-42-30-29(39-32(42)38-28-14-9-24(33)20-27(28)34)21-36-31(40-30)37-26-12-10-25(35)11-13-26/h9,14,20-21,23,25-26H,2-8,10-13,15-19,22,35H2,1H3,(H,38,39)(H,36,37,40)/t23-,25-,26-/m0/s1. The first-order valence-corrected chi connectivity index (χ1v) is 16.3. The Balaban J connectivity index is 1.26. The summed E-state index contributed by atoms with van der Waals surface area (Å²) < 4.78 is 36.3. The summed E-state index contributed by atoms with van der Waals surface area (Å²) in [6.45, 7) is 7.80. The number of aromatic nitrogens is 4. The molecule has 0 unspecified atom stereocenters. The van der Waals surface area contributed by atoms with E-state index in [1.807, 2.05) is 4.57 Å². The van der Waals surface area contributed by atoms with Gasteiger partial charge in [0.2, 0.25) is 11.9 Å². The second-order valence-electron chi connectivity index (χ2n) is 12.3. The third kappa shape index (κ3) is 9.06. The summed E-state index contributed by atoms with van der Waals surface area (Å²) >= 11 is 0. The lowest BCUT2D eigenvalue weighted by Gasteiger charge is -2.26. The minimum absolute atomic E-state index is 0.161. The fourth-order valence-electron chi connectivity index (χ4n) is 6.34. The molecule has 1 saturated carbocycles. The quantitative estimate of drug-likeness (QED) is 0.177. The van der Waals surface area contributed by atoms with Gasteiger partial charge in [0.25, 0.3) is 0 Å². The van der Waals surface area contributed by atoms with Crippen molar-refractivity contribution >= 4 is 28.7 Å². The van der Waals surface area contributed by atoms with E-state index in [4.69, 9.17) is 20.4 Å². The first-order valence-electron chi connectivity index (χ1n) is 16.3. The van der Waals surface area contributed by atoms with Gasteiger partial charge in [-0.1, -0.05) is 19.8 Å². The predicted molar refractivity (Wildman–Crippen MR) is 168 cm³/mol. The molecule has 11 heteroatoms. The number of ether oxygens (including phenoxy) is 1. The molecule has 43 heavy (non-hydrogen) atoms. The molecule has 2 aliphatic rings. The van der Waals surface area contributed by atoms with E-state index in [-0.39, 0.29) is 17.8 Å². The molecule has 1 saturated heterocycles. The number of hydrogen-bond acceptors (Lipinski definition) is 8. The summed E-state index contributed by atoms with van der Waals surface area (Å²) in [5.41, 5.74) is 7.55. The third-order valence-electron chi connectivity index (χ3n) is 8.82. The summed E-state index contributed by atoms with van der Waals surface area (Å²) in [6.07, 6.45) is 13.7. The van der Waals surface area contributed by atoms with Crippen molar-refractivity contribution in [3.05, 3.63) is 36.0 Å². The first-order chi connectivity index (χ1) is 21.0. The van der Waals surface area contributed by atoms with Gasteiger partial charge in [0.15, 0.2) is 5.65 Å². The number of hydrogen-bond donors (Lipinski definition) is 3. The number of aryl methyl sites for hydroxylation is 1. The molecular formula is C32H48F2N8O. The molecule has 3 aromatic rings. The molecule has 236 valence electrons. The topological polar surface area (TPSA) is 106 Å². The summed E-state index contributed by atoms with van der Waals surface area (Å²) in [7, 11) is 0. The van der Waals surface area contributed by atoms with Crippen LogP contribution in [0.15, 0.2) is 24.4 Å². The van der Waals surface area contributed by atoms with Crippen molar-refractivity contribution in [1.29, 1.82) is 0 Å². The largest absolute Gasteiger partial charge is 0.380 e. The maximum absolute atomic E-state index is 14.6. The number of benzene rings is 1. The van der Waals surface area contributed by atoms with Crippen LogP contribution in [0.1, 0.15) is 77.6 Å². The Morgan fingerprint density at radius 1 is 1.05 bits per heavy atom. The Labute approximate surface area is 254 Å². The maximum Gasteiger partial charge on any atom is 0.224 e. The third-order valence-corrected chi connectivity index (χ3v) is 8.82. The van der Waals surface area contributed by atoms with E-state index in [1.165, 1.54) is 44.5 Å². The number of imidazole rings is 1. The van der Waals surface area contributed by atoms with Gasteiger partial charge >= 0.3 is 0 Å². The molecule has 0 amide bonds. The summed E-state index contributed by atoms with van der Waals surface area (Å²) in [5, 5.41) is 6.56. The van der Waals surface area contributed by atoms with Crippen molar-refractivity contribution in [2.45, 2.75) is 96.2 Å². The molecule has 9 nitrogen and oxygen atoms in total. The zero-order chi connectivity index (χ0) is 30.0. The SMILES string of the molecule is CCC[C@@H](CCCn1c(Nc2ccc(F)cc2F)nc2cnc(N[C@H]3CC[C@H](N)CC3)nc21)COCCN1CCCCC1. The lowest BCUT2D eigenvalue weighted by Crippen LogP contribution is -2.33. The van der Waals surface area contributed by atoms with E-state index < -0.39 is 11.6 Å². The Morgan fingerprint density at radius 2 is 1.86 bits per heavy atom. The average Bonchev–Trinajstić information content (AvgIpc) is 3.34. The van der Waals surface area contributed by atoms with Crippen LogP contribution in [0, 0.1) is 17.6 Å². The van der Waals surface area contributed by atoms with Crippen LogP contribution in [0.2, 0.25) is 0 Å². The molecule has 2 aromatic heterocycles. The highest BCUT2D eigenvalue weighted by Gasteiger charge is 2.21. The van der Waals surface area contributed by atoms with Crippen molar-refractivity contribution in [3.8, 4) is 0 Å². The number of halogens is 2. The maximum atomic E-state index is 14.6. The van der Waals surface area contributed by atoms with Crippen LogP contribution < -0.4 is 16.4 Å². The van der Waals surface area contributed by atoms with Crippen LogP contribution in [0.5, 0.6) is 0 Å². The van der Waals surface area contributed by atoms with Gasteiger partial charge < -0.3 is 26.0 Å². The van der Waals surface area contributed by atoms with Crippen LogP contribution in [-0.4, -0.2) is 69.4 Å². The molecule has 1 aliphatic heterocycles. The second-order valence-corrected chi connectivity index (χ2v) is 12.3. The number of nitrogens with two attached hydrogens (primary N) is 1.